The number of halogens is 2. The molecule has 2 atom stereocenters. The lowest BCUT2D eigenvalue weighted by Crippen LogP contribution is -2.51. The van der Waals surface area contributed by atoms with E-state index in [1.165, 1.54) is 12.2 Å². The van der Waals surface area contributed by atoms with Crippen molar-refractivity contribution in [2.24, 2.45) is 5.92 Å². The third-order valence-corrected chi connectivity index (χ3v) is 5.82. The van der Waals surface area contributed by atoms with Gasteiger partial charge in [0.15, 0.2) is 6.17 Å². The van der Waals surface area contributed by atoms with Crippen molar-refractivity contribution in [3.05, 3.63) is 53.6 Å². The number of nitriles is 1. The molecule has 1 aromatic carbocycles. The number of alkyl halides is 2. The summed E-state index contributed by atoms with van der Waals surface area (Å²) in [6.45, 7) is 4.84. The molecule has 1 aromatic rings. The normalized spacial score (nSPS) is 25.5. The van der Waals surface area contributed by atoms with Gasteiger partial charge < -0.3 is 14.7 Å². The molecule has 5 nitrogen and oxygen atoms in total. The van der Waals surface area contributed by atoms with Crippen LogP contribution in [0.25, 0.3) is 5.57 Å². The van der Waals surface area contributed by atoms with Crippen molar-refractivity contribution < 1.29 is 23.4 Å². The molecular weight excluding hydrogens is 402 g/mol. The van der Waals surface area contributed by atoms with Gasteiger partial charge in [-0.3, -0.25) is 0 Å². The summed E-state index contributed by atoms with van der Waals surface area (Å²) in [6, 6.07) is 10.7. The first kappa shape index (κ1) is 23.1. The van der Waals surface area contributed by atoms with Crippen molar-refractivity contribution in [3.8, 4) is 6.07 Å². The second kappa shape index (κ2) is 9.29. The van der Waals surface area contributed by atoms with E-state index in [0.29, 0.717) is 43.6 Å². The Kier molecular flexibility index (Phi) is 6.93. The number of allylic oxidation sites excluding steroid dienone is 2. The van der Waals surface area contributed by atoms with Crippen LogP contribution >= 0.6 is 0 Å². The fourth-order valence-electron chi connectivity index (χ4n) is 4.18. The highest BCUT2D eigenvalue weighted by molar-refractivity contribution is 5.90. The second-order valence-corrected chi connectivity index (χ2v) is 8.85. The number of benzene rings is 1. The Bertz CT molecular complexity index is 894. The van der Waals surface area contributed by atoms with Crippen LogP contribution in [-0.4, -0.2) is 59.7 Å². The highest BCUT2D eigenvalue weighted by Crippen LogP contribution is 2.38. The number of nitrogens with zero attached hydrogens (tertiary/aromatic N) is 2. The zero-order valence-corrected chi connectivity index (χ0v) is 17.9. The molecule has 166 valence electrons. The maximum Gasteiger partial charge on any atom is 0.343 e. The largest absolute Gasteiger partial charge is 0.479 e. The van der Waals surface area contributed by atoms with E-state index in [9.17, 15) is 19.6 Å². The van der Waals surface area contributed by atoms with Gasteiger partial charge in [-0.2, -0.15) is 5.26 Å². The minimum atomic E-state index is -2.23. The van der Waals surface area contributed by atoms with Gasteiger partial charge in [0, 0.05) is 6.54 Å². The standard InChI is InChI=1S/C24H28F2N2O3/c1-23(2,26)16-28-12-9-17(10-13-28)15-31-24(22(29)30)11-8-19(20(14-27)21(24)25)18-6-4-3-5-7-18/h3-8,11,17,21H,9-10,12-13,15-16H2,1-2H3,(H,29,30). The number of likely N-dealkylation sites (tertiary alicyclic amines) is 1. The molecule has 1 saturated heterocycles. The molecule has 2 aliphatic rings. The lowest BCUT2D eigenvalue weighted by Gasteiger charge is -2.37. The van der Waals surface area contributed by atoms with Crippen molar-refractivity contribution in [1.29, 1.82) is 5.26 Å². The molecule has 1 heterocycles. The summed E-state index contributed by atoms with van der Waals surface area (Å²) in [5, 5.41) is 19.4. The van der Waals surface area contributed by atoms with Gasteiger partial charge >= 0.3 is 5.97 Å². The molecular formula is C24H28F2N2O3. The van der Waals surface area contributed by atoms with Crippen LogP contribution in [0.1, 0.15) is 32.3 Å². The lowest BCUT2D eigenvalue weighted by molar-refractivity contribution is -0.167. The fraction of sp³-hybridized carbons (Fsp3) is 0.500. The molecule has 0 radical (unpaired) electrons. The molecule has 0 amide bonds. The third-order valence-electron chi connectivity index (χ3n) is 5.82. The second-order valence-electron chi connectivity index (χ2n) is 8.85. The van der Waals surface area contributed by atoms with Crippen molar-refractivity contribution >= 4 is 11.5 Å². The zero-order valence-electron chi connectivity index (χ0n) is 17.9. The average Bonchev–Trinajstić information content (AvgIpc) is 2.73. The Labute approximate surface area is 181 Å². The lowest BCUT2D eigenvalue weighted by atomic mass is 9.82. The van der Waals surface area contributed by atoms with Crippen LogP contribution in [0.15, 0.2) is 48.1 Å². The molecule has 0 bridgehead atoms. The maximum atomic E-state index is 15.5. The molecule has 7 heteroatoms. The van der Waals surface area contributed by atoms with Gasteiger partial charge in [0.05, 0.1) is 18.2 Å². The van der Waals surface area contributed by atoms with Crippen molar-refractivity contribution in [2.45, 2.75) is 44.1 Å². The van der Waals surface area contributed by atoms with E-state index in [2.05, 4.69) is 0 Å². The average molecular weight is 430 g/mol. The number of aliphatic carboxylic acids is 1. The minimum Gasteiger partial charge on any atom is -0.479 e. The van der Waals surface area contributed by atoms with Crippen LogP contribution < -0.4 is 0 Å². The number of hydrogen-bond acceptors (Lipinski definition) is 4. The molecule has 31 heavy (non-hydrogen) atoms. The molecule has 1 fully saturated rings. The Balaban J connectivity index is 1.71. The van der Waals surface area contributed by atoms with Crippen LogP contribution in [-0.2, 0) is 9.53 Å². The maximum absolute atomic E-state index is 15.5. The fourth-order valence-corrected chi connectivity index (χ4v) is 4.18. The number of carboxylic acid groups (broad SMARTS) is 1. The summed E-state index contributed by atoms with van der Waals surface area (Å²) in [5.41, 5.74) is -2.77. The van der Waals surface area contributed by atoms with E-state index in [0.717, 1.165) is 0 Å². The van der Waals surface area contributed by atoms with Gasteiger partial charge in [0.25, 0.3) is 0 Å². The van der Waals surface area contributed by atoms with Gasteiger partial charge in [-0.05, 0) is 62.9 Å². The smallest absolute Gasteiger partial charge is 0.343 e. The minimum absolute atomic E-state index is 0.0424. The number of carboxylic acids is 1. The number of rotatable bonds is 7. The van der Waals surface area contributed by atoms with E-state index >= 15 is 4.39 Å². The van der Waals surface area contributed by atoms with Crippen LogP contribution in [0, 0.1) is 17.2 Å². The van der Waals surface area contributed by atoms with Gasteiger partial charge in [-0.15, -0.1) is 0 Å². The summed E-state index contributed by atoms with van der Waals surface area (Å²) in [5.74, 6) is -1.42. The summed E-state index contributed by atoms with van der Waals surface area (Å²) in [6.07, 6.45) is 1.97. The van der Waals surface area contributed by atoms with Crippen LogP contribution in [0.2, 0.25) is 0 Å². The molecule has 2 unspecified atom stereocenters. The van der Waals surface area contributed by atoms with E-state index in [1.807, 2.05) is 11.0 Å². The zero-order chi connectivity index (χ0) is 22.6. The number of ether oxygens (including phenoxy) is 1. The highest BCUT2D eigenvalue weighted by atomic mass is 19.1. The van der Waals surface area contributed by atoms with Crippen LogP contribution in [0.4, 0.5) is 8.78 Å². The predicted octanol–water partition coefficient (Wildman–Crippen LogP) is 4.17. The highest BCUT2D eigenvalue weighted by Gasteiger charge is 2.51. The number of piperidine rings is 1. The third kappa shape index (κ3) is 5.20. The van der Waals surface area contributed by atoms with Crippen molar-refractivity contribution in [2.75, 3.05) is 26.2 Å². The quantitative estimate of drug-likeness (QED) is 0.703. The molecule has 0 aromatic heterocycles. The number of hydrogen-bond donors (Lipinski definition) is 1. The van der Waals surface area contributed by atoms with Crippen molar-refractivity contribution in [1.82, 2.24) is 4.90 Å². The van der Waals surface area contributed by atoms with E-state index in [4.69, 9.17) is 4.74 Å². The summed E-state index contributed by atoms with van der Waals surface area (Å²) in [4.78, 5) is 14.1. The Morgan fingerprint density at radius 2 is 1.97 bits per heavy atom. The molecule has 3 rings (SSSR count). The summed E-state index contributed by atoms with van der Waals surface area (Å²) >= 11 is 0. The van der Waals surface area contributed by atoms with E-state index in [-0.39, 0.29) is 18.1 Å². The summed E-state index contributed by atoms with van der Waals surface area (Å²) < 4.78 is 35.0. The van der Waals surface area contributed by atoms with E-state index < -0.39 is 23.4 Å². The Morgan fingerprint density at radius 1 is 1.32 bits per heavy atom. The Hall–Kier alpha value is -2.56. The molecule has 1 aliphatic carbocycles. The molecule has 0 spiro atoms. The molecule has 0 saturated carbocycles. The predicted molar refractivity (Wildman–Crippen MR) is 114 cm³/mol. The first-order valence-electron chi connectivity index (χ1n) is 10.5. The Morgan fingerprint density at radius 3 is 2.52 bits per heavy atom. The topological polar surface area (TPSA) is 73.6 Å². The first-order valence-corrected chi connectivity index (χ1v) is 10.5. The van der Waals surface area contributed by atoms with Gasteiger partial charge in [0.2, 0.25) is 5.60 Å². The first-order chi connectivity index (χ1) is 14.7. The monoisotopic (exact) mass is 430 g/mol. The van der Waals surface area contributed by atoms with Crippen LogP contribution in [0.3, 0.4) is 0 Å². The van der Waals surface area contributed by atoms with Gasteiger partial charge in [-0.1, -0.05) is 36.4 Å². The van der Waals surface area contributed by atoms with Gasteiger partial charge in [-0.25, -0.2) is 13.6 Å². The van der Waals surface area contributed by atoms with Crippen LogP contribution in [0.5, 0.6) is 0 Å². The van der Waals surface area contributed by atoms with Gasteiger partial charge in [0.1, 0.15) is 5.67 Å². The molecule has 1 aliphatic heterocycles. The van der Waals surface area contributed by atoms with E-state index in [1.54, 1.807) is 44.2 Å². The van der Waals surface area contributed by atoms with Crippen molar-refractivity contribution in [3.63, 3.8) is 0 Å². The summed E-state index contributed by atoms with van der Waals surface area (Å²) in [7, 11) is 0. The number of carbonyl (C=O) groups is 1. The molecule has 1 N–H and O–H groups in total. The SMILES string of the molecule is CC(C)(F)CN1CCC(COC2(C(=O)O)C=CC(c3ccccc3)=C(C#N)C2F)CC1.